The Hall–Kier alpha value is -1.12. The summed E-state index contributed by atoms with van der Waals surface area (Å²) < 4.78 is 0. The fourth-order valence-corrected chi connectivity index (χ4v) is 0.421. The summed E-state index contributed by atoms with van der Waals surface area (Å²) >= 11 is 0. The van der Waals surface area contributed by atoms with Crippen LogP contribution in [-0.4, -0.2) is 0 Å². The first-order valence-corrected chi connectivity index (χ1v) is 2.30. The summed E-state index contributed by atoms with van der Waals surface area (Å²) in [7, 11) is 0. The normalized spacial score (nSPS) is 15.2. The van der Waals surface area contributed by atoms with Gasteiger partial charge in [-0.05, 0) is 0 Å². The summed E-state index contributed by atoms with van der Waals surface area (Å²) in [6.07, 6.45) is 3.98. The van der Waals surface area contributed by atoms with E-state index >= 15 is 0 Å². The van der Waals surface area contributed by atoms with Crippen LogP contribution in [0.1, 0.15) is 6.42 Å². The Labute approximate surface area is 47.3 Å². The van der Waals surface area contributed by atoms with Crippen LogP contribution in [0.3, 0.4) is 0 Å². The second kappa shape index (κ2) is 2.26. The molecular weight excluding hydrogens is 104 g/mol. The minimum atomic E-state index is 0.726. The fraction of sp³-hybridized carbons (Fsp3) is 0.200. The van der Waals surface area contributed by atoms with Crippen LogP contribution in [0.5, 0.6) is 0 Å². The molecule has 8 heavy (non-hydrogen) atoms. The molecule has 0 spiro atoms. The van der Waals surface area contributed by atoms with Gasteiger partial charge in [0.25, 0.3) is 0 Å². The molecule has 0 aromatic carbocycles. The number of nitrogens with zero attached hydrogens (tertiary/aromatic N) is 2. The smallest absolute Gasteiger partial charge is 0.151 e. The van der Waals surface area contributed by atoms with Gasteiger partial charge < -0.3 is 0 Å². The average molecular weight is 110 g/mol. The van der Waals surface area contributed by atoms with Crippen molar-refractivity contribution in [3.63, 3.8) is 0 Å². The maximum absolute atomic E-state index is 4.46. The van der Waals surface area contributed by atoms with Crippen molar-refractivity contribution in [1.82, 2.24) is 5.28 Å². The molecule has 0 atom stereocenters. The summed E-state index contributed by atoms with van der Waals surface area (Å²) in [5.74, 6) is 0. The second-order valence-electron chi connectivity index (χ2n) is 1.39. The lowest BCUT2D eigenvalue weighted by molar-refractivity contribution is 0.199. The molecule has 3 nitrogen and oxygen atoms in total. The molecule has 1 heterocycles. The standard InChI is InChI=1S/C5H6N2O/c1-2-3-5-4-8-7-6-5/h2,4H,1,3H2/q+1. The van der Waals surface area contributed by atoms with E-state index in [1.807, 2.05) is 0 Å². The molecular formula is C5H6N2O+. The van der Waals surface area contributed by atoms with Crippen LogP contribution in [0.2, 0.25) is 0 Å². The minimum Gasteiger partial charge on any atom is -0.151 e. The van der Waals surface area contributed by atoms with Crippen LogP contribution in [-0.2, 0) is 4.84 Å². The van der Waals surface area contributed by atoms with E-state index in [4.69, 9.17) is 0 Å². The summed E-state index contributed by atoms with van der Waals surface area (Å²) in [6.45, 7) is 3.53. The summed E-state index contributed by atoms with van der Waals surface area (Å²) in [5.41, 5.74) is 0.819. The molecule has 3 heteroatoms. The molecule has 0 aromatic rings. The van der Waals surface area contributed by atoms with E-state index in [-0.39, 0.29) is 0 Å². The average Bonchev–Trinajstić information content (AvgIpc) is 2.19. The molecule has 0 fully saturated rings. The van der Waals surface area contributed by atoms with Gasteiger partial charge in [-0.15, -0.1) is 6.58 Å². The quantitative estimate of drug-likeness (QED) is 0.491. The van der Waals surface area contributed by atoms with Crippen LogP contribution < -0.4 is 5.28 Å². The fourth-order valence-electron chi connectivity index (χ4n) is 0.421. The summed E-state index contributed by atoms with van der Waals surface area (Å²) in [5, 5.41) is 6.89. The van der Waals surface area contributed by atoms with Crippen molar-refractivity contribution >= 4 is 0 Å². The molecule has 1 radical (unpaired) electrons. The van der Waals surface area contributed by atoms with E-state index in [1.165, 1.54) is 6.26 Å². The van der Waals surface area contributed by atoms with Crippen molar-refractivity contribution < 1.29 is 4.84 Å². The predicted molar refractivity (Wildman–Crippen MR) is 28.5 cm³/mol. The number of allylic oxidation sites excluding steroid dienone is 1. The maximum atomic E-state index is 4.46. The number of hydrogen-bond donors (Lipinski definition) is 0. The minimum absolute atomic E-state index is 0.726. The monoisotopic (exact) mass is 110 g/mol. The highest BCUT2D eigenvalue weighted by Gasteiger charge is 2.09. The third-order valence-corrected chi connectivity index (χ3v) is 0.759. The van der Waals surface area contributed by atoms with E-state index in [9.17, 15) is 0 Å². The molecule has 1 aliphatic rings. The molecule has 0 aromatic heterocycles. The highest BCUT2D eigenvalue weighted by Crippen LogP contribution is 2.05. The lowest BCUT2D eigenvalue weighted by atomic mass is 10.3. The van der Waals surface area contributed by atoms with Gasteiger partial charge >= 0.3 is 5.28 Å². The Morgan fingerprint density at radius 1 is 2.00 bits per heavy atom. The van der Waals surface area contributed by atoms with Gasteiger partial charge in [-0.25, -0.2) is 0 Å². The van der Waals surface area contributed by atoms with Crippen molar-refractivity contribution in [3.05, 3.63) is 24.6 Å². The number of hydrogen-bond acceptors (Lipinski definition) is 3. The molecule has 0 unspecified atom stereocenters. The topological polar surface area (TPSA) is 35.7 Å². The zero-order valence-corrected chi connectivity index (χ0v) is 4.37. The van der Waals surface area contributed by atoms with Crippen molar-refractivity contribution in [3.8, 4) is 0 Å². The van der Waals surface area contributed by atoms with Crippen molar-refractivity contribution in [1.29, 1.82) is 0 Å². The van der Waals surface area contributed by atoms with Gasteiger partial charge in [-0.1, -0.05) is 6.08 Å². The lowest BCUT2D eigenvalue weighted by Gasteiger charge is -1.74. The Morgan fingerprint density at radius 2 is 2.88 bits per heavy atom. The Morgan fingerprint density at radius 3 is 3.38 bits per heavy atom. The maximum Gasteiger partial charge on any atom is 0.467 e. The van der Waals surface area contributed by atoms with Gasteiger partial charge in [0, 0.05) is 6.42 Å². The Balaban J connectivity index is 2.45. The molecule has 0 saturated heterocycles. The largest absolute Gasteiger partial charge is 0.467 e. The van der Waals surface area contributed by atoms with Crippen LogP contribution in [0.4, 0.5) is 0 Å². The van der Waals surface area contributed by atoms with Gasteiger partial charge in [0.15, 0.2) is 5.70 Å². The first-order chi connectivity index (χ1) is 3.93. The third-order valence-electron chi connectivity index (χ3n) is 0.759. The van der Waals surface area contributed by atoms with Gasteiger partial charge in [0.2, 0.25) is 6.26 Å². The van der Waals surface area contributed by atoms with E-state index in [1.54, 1.807) is 6.08 Å². The van der Waals surface area contributed by atoms with Crippen molar-refractivity contribution in [2.45, 2.75) is 6.42 Å². The number of rotatable bonds is 2. The van der Waals surface area contributed by atoms with Gasteiger partial charge in [-0.3, -0.25) is 0 Å². The van der Waals surface area contributed by atoms with Crippen LogP contribution >= 0.6 is 0 Å². The molecule has 0 N–H and O–H groups in total. The SMILES string of the molecule is C=CCC1=CO[N+]=N1. The lowest BCUT2D eigenvalue weighted by Crippen LogP contribution is -1.69. The zero-order chi connectivity index (χ0) is 5.82. The highest BCUT2D eigenvalue weighted by atomic mass is 16.6. The van der Waals surface area contributed by atoms with Crippen molar-refractivity contribution in [2.75, 3.05) is 0 Å². The van der Waals surface area contributed by atoms with Gasteiger partial charge in [-0.2, -0.15) is 4.84 Å². The van der Waals surface area contributed by atoms with Gasteiger partial charge in [0.1, 0.15) is 5.11 Å². The Kier molecular flexibility index (Phi) is 1.42. The summed E-state index contributed by atoms with van der Waals surface area (Å²) in [6, 6.07) is 0. The first-order valence-electron chi connectivity index (χ1n) is 2.30. The second-order valence-corrected chi connectivity index (χ2v) is 1.39. The molecule has 0 amide bonds. The van der Waals surface area contributed by atoms with E-state index in [2.05, 4.69) is 21.8 Å². The predicted octanol–water partition coefficient (Wildman–Crippen LogP) is 1.14. The summed E-state index contributed by atoms with van der Waals surface area (Å²) in [4.78, 5) is 4.46. The molecule has 0 bridgehead atoms. The van der Waals surface area contributed by atoms with Crippen molar-refractivity contribution in [2.24, 2.45) is 5.11 Å². The van der Waals surface area contributed by atoms with Gasteiger partial charge in [0.05, 0.1) is 0 Å². The molecule has 1 aliphatic heterocycles. The first kappa shape index (κ1) is 5.03. The van der Waals surface area contributed by atoms with E-state index in [0.29, 0.717) is 0 Å². The van der Waals surface area contributed by atoms with Crippen LogP contribution in [0.15, 0.2) is 29.7 Å². The van der Waals surface area contributed by atoms with Crippen LogP contribution in [0, 0.1) is 0 Å². The third kappa shape index (κ3) is 0.932. The van der Waals surface area contributed by atoms with Crippen LogP contribution in [0.25, 0.3) is 0 Å². The molecule has 1 rings (SSSR count). The zero-order valence-electron chi connectivity index (χ0n) is 4.37. The molecule has 0 aliphatic carbocycles. The molecule has 0 saturated carbocycles. The van der Waals surface area contributed by atoms with E-state index in [0.717, 1.165) is 12.1 Å². The molecule has 41 valence electrons. The van der Waals surface area contributed by atoms with E-state index < -0.39 is 0 Å². The Bertz CT molecular complexity index is 149. The highest BCUT2D eigenvalue weighted by molar-refractivity contribution is 5.00.